The molecule has 4 nitrogen and oxygen atoms in total. The van der Waals surface area contributed by atoms with Crippen molar-refractivity contribution in [1.82, 2.24) is 9.21 Å². The number of piperazine rings is 1. The zero-order chi connectivity index (χ0) is 10.6. The number of sulfonamides is 1. The molecule has 0 aromatic rings. The summed E-state index contributed by atoms with van der Waals surface area (Å²) < 4.78 is 24.6. The van der Waals surface area contributed by atoms with E-state index in [0.29, 0.717) is 13.1 Å². The van der Waals surface area contributed by atoms with Gasteiger partial charge in [0, 0.05) is 38.1 Å². The summed E-state index contributed by atoms with van der Waals surface area (Å²) in [5.41, 5.74) is 0. The van der Waals surface area contributed by atoms with Crippen molar-refractivity contribution >= 4 is 26.0 Å². The van der Waals surface area contributed by atoms with Crippen LogP contribution in [0.4, 0.5) is 0 Å². The molecule has 0 unspecified atom stereocenters. The highest BCUT2D eigenvalue weighted by molar-refractivity contribution is 9.09. The predicted molar refractivity (Wildman–Crippen MR) is 61.3 cm³/mol. The molecule has 14 heavy (non-hydrogen) atoms. The lowest BCUT2D eigenvalue weighted by Crippen LogP contribution is -2.49. The molecule has 0 atom stereocenters. The molecule has 0 N–H and O–H groups in total. The zero-order valence-corrected chi connectivity index (χ0v) is 10.8. The van der Waals surface area contributed by atoms with Crippen molar-refractivity contribution in [2.24, 2.45) is 0 Å². The molecule has 0 amide bonds. The number of alkyl halides is 1. The van der Waals surface area contributed by atoms with Crippen molar-refractivity contribution in [2.45, 2.75) is 6.92 Å². The third-order valence-corrected chi connectivity index (χ3v) is 4.73. The average molecular weight is 285 g/mol. The first kappa shape index (κ1) is 12.4. The molecule has 1 saturated heterocycles. The van der Waals surface area contributed by atoms with Crippen molar-refractivity contribution in [1.29, 1.82) is 0 Å². The molecule has 0 aromatic heterocycles. The third kappa shape index (κ3) is 3.18. The normalized spacial score (nSPS) is 21.3. The van der Waals surface area contributed by atoms with Gasteiger partial charge in [0.1, 0.15) is 0 Å². The first-order valence-electron chi connectivity index (χ1n) is 4.86. The van der Waals surface area contributed by atoms with Crippen molar-refractivity contribution in [3.05, 3.63) is 0 Å². The number of nitrogens with zero attached hydrogens (tertiary/aromatic N) is 2. The van der Waals surface area contributed by atoms with Gasteiger partial charge in [-0.05, 0) is 6.92 Å². The van der Waals surface area contributed by atoms with Crippen LogP contribution in [0, 0.1) is 0 Å². The van der Waals surface area contributed by atoms with E-state index in [-0.39, 0.29) is 5.75 Å². The molecule has 84 valence electrons. The SMILES string of the molecule is CCS(=O)(=O)N1CCN(CCBr)CC1. The topological polar surface area (TPSA) is 40.6 Å². The van der Waals surface area contributed by atoms with Crippen LogP contribution in [-0.2, 0) is 10.0 Å². The summed E-state index contributed by atoms with van der Waals surface area (Å²) in [5.74, 6) is 0.214. The fourth-order valence-corrected chi connectivity index (χ4v) is 3.12. The molecular formula is C8H17BrN2O2S. The van der Waals surface area contributed by atoms with Crippen LogP contribution in [0.1, 0.15) is 6.92 Å². The van der Waals surface area contributed by atoms with Crippen molar-refractivity contribution in [3.63, 3.8) is 0 Å². The first-order chi connectivity index (χ1) is 6.60. The summed E-state index contributed by atoms with van der Waals surface area (Å²) in [6.45, 7) is 5.68. The maximum Gasteiger partial charge on any atom is 0.213 e. The minimum Gasteiger partial charge on any atom is -0.300 e. The lowest BCUT2D eigenvalue weighted by atomic mass is 10.4. The van der Waals surface area contributed by atoms with Crippen LogP contribution in [0.5, 0.6) is 0 Å². The molecule has 0 aliphatic carbocycles. The van der Waals surface area contributed by atoms with Gasteiger partial charge < -0.3 is 0 Å². The van der Waals surface area contributed by atoms with E-state index in [1.165, 1.54) is 0 Å². The maximum absolute atomic E-state index is 11.5. The van der Waals surface area contributed by atoms with Crippen LogP contribution in [0.3, 0.4) is 0 Å². The van der Waals surface area contributed by atoms with Crippen LogP contribution in [-0.4, -0.2) is 61.4 Å². The van der Waals surface area contributed by atoms with Gasteiger partial charge in [-0.3, -0.25) is 4.90 Å². The Bertz CT molecular complexity index is 261. The van der Waals surface area contributed by atoms with Crippen molar-refractivity contribution in [2.75, 3.05) is 43.8 Å². The van der Waals surface area contributed by atoms with Crippen molar-refractivity contribution in [3.8, 4) is 0 Å². The van der Waals surface area contributed by atoms with Gasteiger partial charge in [0.05, 0.1) is 5.75 Å². The minimum absolute atomic E-state index is 0.214. The molecule has 1 rings (SSSR count). The maximum atomic E-state index is 11.5. The summed E-state index contributed by atoms with van der Waals surface area (Å²) in [6.07, 6.45) is 0. The summed E-state index contributed by atoms with van der Waals surface area (Å²) in [4.78, 5) is 2.27. The van der Waals surface area contributed by atoms with Crippen LogP contribution in [0.2, 0.25) is 0 Å². The largest absolute Gasteiger partial charge is 0.300 e. The predicted octanol–water partition coefficient (Wildman–Crippen LogP) is 0.349. The Kier molecular flexibility index (Phi) is 4.82. The van der Waals surface area contributed by atoms with Gasteiger partial charge in [-0.1, -0.05) is 15.9 Å². The number of hydrogen-bond acceptors (Lipinski definition) is 3. The quantitative estimate of drug-likeness (QED) is 0.700. The standard InChI is InChI=1S/C8H17BrN2O2S/c1-2-14(12,13)11-7-5-10(4-3-9)6-8-11/h2-8H2,1H3. The Morgan fingerprint density at radius 1 is 1.21 bits per heavy atom. The highest BCUT2D eigenvalue weighted by atomic mass is 79.9. The summed E-state index contributed by atoms with van der Waals surface area (Å²) in [6, 6.07) is 0. The fraction of sp³-hybridized carbons (Fsp3) is 1.00. The van der Waals surface area contributed by atoms with Crippen LogP contribution >= 0.6 is 15.9 Å². The molecule has 0 bridgehead atoms. The van der Waals surface area contributed by atoms with E-state index in [1.807, 2.05) is 0 Å². The van der Waals surface area contributed by atoms with Gasteiger partial charge >= 0.3 is 0 Å². The first-order valence-corrected chi connectivity index (χ1v) is 7.59. The van der Waals surface area contributed by atoms with Crippen molar-refractivity contribution < 1.29 is 8.42 Å². The lowest BCUT2D eigenvalue weighted by molar-refractivity contribution is 0.198. The van der Waals surface area contributed by atoms with E-state index in [2.05, 4.69) is 20.8 Å². The summed E-state index contributed by atoms with van der Waals surface area (Å²) in [5, 5.41) is 0.952. The molecule has 0 aromatic carbocycles. The molecule has 1 aliphatic rings. The zero-order valence-electron chi connectivity index (χ0n) is 8.45. The Balaban J connectivity index is 2.43. The monoisotopic (exact) mass is 284 g/mol. The Hall–Kier alpha value is 0.350. The van der Waals surface area contributed by atoms with E-state index in [0.717, 1.165) is 25.0 Å². The molecule has 1 aliphatic heterocycles. The van der Waals surface area contributed by atoms with Crippen LogP contribution in [0.25, 0.3) is 0 Å². The summed E-state index contributed by atoms with van der Waals surface area (Å²) >= 11 is 3.38. The van der Waals surface area contributed by atoms with Gasteiger partial charge in [-0.15, -0.1) is 0 Å². The molecule has 1 heterocycles. The Morgan fingerprint density at radius 3 is 2.21 bits per heavy atom. The molecule has 1 fully saturated rings. The highest BCUT2D eigenvalue weighted by Gasteiger charge is 2.24. The summed E-state index contributed by atoms with van der Waals surface area (Å²) in [7, 11) is -2.96. The highest BCUT2D eigenvalue weighted by Crippen LogP contribution is 2.07. The third-order valence-electron chi connectivity index (χ3n) is 2.49. The molecular weight excluding hydrogens is 268 g/mol. The van der Waals surface area contributed by atoms with Gasteiger partial charge in [0.15, 0.2) is 0 Å². The second-order valence-corrected chi connectivity index (χ2v) is 6.38. The van der Waals surface area contributed by atoms with E-state index in [1.54, 1.807) is 11.2 Å². The smallest absolute Gasteiger partial charge is 0.213 e. The van der Waals surface area contributed by atoms with E-state index >= 15 is 0 Å². The number of rotatable bonds is 4. The average Bonchev–Trinajstić information content (AvgIpc) is 2.19. The van der Waals surface area contributed by atoms with Gasteiger partial charge in [-0.25, -0.2) is 8.42 Å². The number of halogens is 1. The van der Waals surface area contributed by atoms with Crippen LogP contribution < -0.4 is 0 Å². The van der Waals surface area contributed by atoms with Gasteiger partial charge in [0.2, 0.25) is 10.0 Å². The molecule has 6 heteroatoms. The van der Waals surface area contributed by atoms with Gasteiger partial charge in [0.25, 0.3) is 0 Å². The molecule has 0 saturated carbocycles. The Morgan fingerprint density at radius 2 is 1.79 bits per heavy atom. The fourth-order valence-electron chi connectivity index (χ4n) is 1.53. The molecule has 0 radical (unpaired) electrons. The Labute approximate surface area is 94.4 Å². The van der Waals surface area contributed by atoms with Crippen LogP contribution in [0.15, 0.2) is 0 Å². The minimum atomic E-state index is -2.96. The second kappa shape index (κ2) is 5.44. The van der Waals surface area contributed by atoms with Gasteiger partial charge in [-0.2, -0.15) is 4.31 Å². The lowest BCUT2D eigenvalue weighted by Gasteiger charge is -2.33. The van der Waals surface area contributed by atoms with E-state index in [9.17, 15) is 8.42 Å². The molecule has 0 spiro atoms. The van der Waals surface area contributed by atoms with E-state index in [4.69, 9.17) is 0 Å². The van der Waals surface area contributed by atoms with E-state index < -0.39 is 10.0 Å². The number of hydrogen-bond donors (Lipinski definition) is 0. The second-order valence-electron chi connectivity index (χ2n) is 3.33.